The third kappa shape index (κ3) is 0.687. The molecule has 0 atom stereocenters. The van der Waals surface area contributed by atoms with Crippen LogP contribution in [-0.4, -0.2) is 30.4 Å². The van der Waals surface area contributed by atoms with Gasteiger partial charge < -0.3 is 5.11 Å². The number of tetrazole rings is 1. The fourth-order valence-electron chi connectivity index (χ4n) is 0.769. The summed E-state index contributed by atoms with van der Waals surface area (Å²) in [4.78, 5) is 3.03. The summed E-state index contributed by atoms with van der Waals surface area (Å²) in [7, 11) is 0. The van der Waals surface area contributed by atoms with Crippen LogP contribution in [0.2, 0.25) is 0 Å². The molecule has 0 spiro atoms. The first kappa shape index (κ1) is 6.48. The van der Waals surface area contributed by atoms with Gasteiger partial charge >= 0.3 is 0 Å². The third-order valence-electron chi connectivity index (χ3n) is 1.32. The third-order valence-corrected chi connectivity index (χ3v) is 1.32. The highest BCUT2D eigenvalue weighted by Crippen LogP contribution is 2.26. The summed E-state index contributed by atoms with van der Waals surface area (Å²) in [6.45, 7) is 6.66. The molecule has 12 heavy (non-hydrogen) atoms. The molecule has 2 heterocycles. The van der Waals surface area contributed by atoms with Gasteiger partial charge in [0.1, 0.15) is 0 Å². The summed E-state index contributed by atoms with van der Waals surface area (Å²) in [6, 6.07) is 0. The topological polar surface area (TPSA) is 80.6 Å². The summed E-state index contributed by atoms with van der Waals surface area (Å²) in [6.07, 6.45) is 1.20. The molecule has 0 aromatic carbocycles. The Labute approximate surface area is 66.1 Å². The SMILES string of the molecule is [C-]#[N+]c1cnn2nnnc2c1O. The van der Waals surface area contributed by atoms with Crippen LogP contribution < -0.4 is 0 Å². The van der Waals surface area contributed by atoms with E-state index in [1.54, 1.807) is 0 Å². The van der Waals surface area contributed by atoms with E-state index in [9.17, 15) is 5.11 Å². The number of fused-ring (bicyclic) bond motifs is 1. The Morgan fingerprint density at radius 3 is 3.17 bits per heavy atom. The van der Waals surface area contributed by atoms with Crippen LogP contribution in [0.5, 0.6) is 5.75 Å². The average Bonchev–Trinajstić information content (AvgIpc) is 2.53. The minimum Gasteiger partial charge on any atom is -0.515 e. The van der Waals surface area contributed by atoms with Crippen molar-refractivity contribution in [2.75, 3.05) is 0 Å². The Bertz CT molecular complexity index is 468. The molecule has 0 saturated heterocycles. The second-order valence-electron chi connectivity index (χ2n) is 1.98. The summed E-state index contributed by atoms with van der Waals surface area (Å²) in [5, 5.41) is 23.2. The Morgan fingerprint density at radius 2 is 2.42 bits per heavy atom. The van der Waals surface area contributed by atoms with E-state index in [4.69, 9.17) is 6.57 Å². The second kappa shape index (κ2) is 2.13. The lowest BCUT2D eigenvalue weighted by molar-refractivity contribution is 0.477. The smallest absolute Gasteiger partial charge is 0.251 e. The van der Waals surface area contributed by atoms with Crippen molar-refractivity contribution < 1.29 is 5.11 Å². The maximum Gasteiger partial charge on any atom is 0.251 e. The van der Waals surface area contributed by atoms with Gasteiger partial charge in [0, 0.05) is 0 Å². The maximum atomic E-state index is 9.32. The van der Waals surface area contributed by atoms with Crippen molar-refractivity contribution in [3.63, 3.8) is 0 Å². The van der Waals surface area contributed by atoms with Gasteiger partial charge in [0.15, 0.2) is 5.75 Å². The number of hydrogen-bond acceptors (Lipinski definition) is 5. The standard InChI is InChI=1S/C5H2N6O/c1-6-3-2-7-11-5(4(3)12)8-9-10-11/h2,12H. The van der Waals surface area contributed by atoms with Crippen LogP contribution in [0.15, 0.2) is 6.20 Å². The van der Waals surface area contributed by atoms with Crippen molar-refractivity contribution in [1.29, 1.82) is 0 Å². The average molecular weight is 162 g/mol. The quantitative estimate of drug-likeness (QED) is 0.541. The first-order valence-corrected chi connectivity index (χ1v) is 2.96. The van der Waals surface area contributed by atoms with Crippen LogP contribution in [0, 0.1) is 6.57 Å². The molecule has 2 rings (SSSR count). The van der Waals surface area contributed by atoms with Crippen LogP contribution in [0.1, 0.15) is 0 Å². The number of aromatic hydroxyl groups is 1. The predicted octanol–water partition coefficient (Wildman–Crippen LogP) is -0.224. The van der Waals surface area contributed by atoms with Gasteiger partial charge in [-0.2, -0.15) is 5.10 Å². The summed E-state index contributed by atoms with van der Waals surface area (Å²) in [5.74, 6) is -0.245. The van der Waals surface area contributed by atoms with E-state index >= 15 is 0 Å². The maximum absolute atomic E-state index is 9.32. The molecule has 0 unspecified atom stereocenters. The van der Waals surface area contributed by atoms with Gasteiger partial charge in [0.05, 0.1) is 12.8 Å². The molecule has 0 fully saturated rings. The largest absolute Gasteiger partial charge is 0.515 e. The molecular weight excluding hydrogens is 160 g/mol. The zero-order chi connectivity index (χ0) is 8.55. The molecule has 58 valence electrons. The van der Waals surface area contributed by atoms with E-state index in [0.717, 1.165) is 4.63 Å². The molecule has 0 bridgehead atoms. The van der Waals surface area contributed by atoms with Crippen LogP contribution >= 0.6 is 0 Å². The van der Waals surface area contributed by atoms with Gasteiger partial charge in [-0.15, -0.1) is 9.73 Å². The molecule has 0 radical (unpaired) electrons. The molecule has 0 saturated carbocycles. The molecule has 0 amide bonds. The van der Waals surface area contributed by atoms with Crippen LogP contribution in [0.3, 0.4) is 0 Å². The van der Waals surface area contributed by atoms with E-state index in [-0.39, 0.29) is 17.1 Å². The zero-order valence-corrected chi connectivity index (χ0v) is 5.71. The highest BCUT2D eigenvalue weighted by atomic mass is 16.3. The van der Waals surface area contributed by atoms with Crippen molar-refractivity contribution in [3.05, 3.63) is 17.6 Å². The van der Waals surface area contributed by atoms with E-state index in [2.05, 4.69) is 25.5 Å². The second-order valence-corrected chi connectivity index (χ2v) is 1.98. The van der Waals surface area contributed by atoms with Crippen molar-refractivity contribution >= 4 is 11.3 Å². The Morgan fingerprint density at radius 1 is 1.58 bits per heavy atom. The van der Waals surface area contributed by atoms with Gasteiger partial charge in [0.2, 0.25) is 5.65 Å². The normalized spacial score (nSPS) is 9.92. The van der Waals surface area contributed by atoms with Gasteiger partial charge in [-0.1, -0.05) is 0 Å². The lowest BCUT2D eigenvalue weighted by atomic mass is 10.4. The van der Waals surface area contributed by atoms with E-state index in [1.165, 1.54) is 6.20 Å². The Balaban J connectivity index is 2.89. The highest BCUT2D eigenvalue weighted by Gasteiger charge is 2.09. The van der Waals surface area contributed by atoms with E-state index in [1.807, 2.05) is 0 Å². The first-order chi connectivity index (χ1) is 5.83. The number of hydrogen-bond donors (Lipinski definition) is 1. The lowest BCUT2D eigenvalue weighted by Crippen LogP contribution is -1.92. The summed E-state index contributed by atoms with van der Waals surface area (Å²) < 4.78 is 1.05. The molecule has 0 aliphatic rings. The van der Waals surface area contributed by atoms with Gasteiger partial charge in [-0.3, -0.25) is 0 Å². The predicted molar refractivity (Wildman–Crippen MR) is 36.5 cm³/mol. The number of rotatable bonds is 0. The summed E-state index contributed by atoms with van der Waals surface area (Å²) >= 11 is 0. The van der Waals surface area contributed by atoms with Crippen molar-refractivity contribution in [2.45, 2.75) is 0 Å². The molecule has 0 aliphatic heterocycles. The van der Waals surface area contributed by atoms with Gasteiger partial charge in [0.25, 0.3) is 5.69 Å². The Hall–Kier alpha value is -2.23. The van der Waals surface area contributed by atoms with Crippen LogP contribution in [-0.2, 0) is 0 Å². The van der Waals surface area contributed by atoms with E-state index < -0.39 is 0 Å². The van der Waals surface area contributed by atoms with Crippen molar-refractivity contribution in [1.82, 2.24) is 25.3 Å². The van der Waals surface area contributed by atoms with Crippen molar-refractivity contribution in [3.8, 4) is 5.75 Å². The zero-order valence-electron chi connectivity index (χ0n) is 5.71. The lowest BCUT2D eigenvalue weighted by Gasteiger charge is -1.93. The van der Waals surface area contributed by atoms with Crippen LogP contribution in [0.4, 0.5) is 5.69 Å². The molecule has 7 nitrogen and oxygen atoms in total. The highest BCUT2D eigenvalue weighted by molar-refractivity contribution is 5.67. The summed E-state index contributed by atoms with van der Waals surface area (Å²) in [5.41, 5.74) is 0.126. The van der Waals surface area contributed by atoms with E-state index in [0.29, 0.717) is 0 Å². The molecule has 0 aliphatic carbocycles. The monoisotopic (exact) mass is 162 g/mol. The fraction of sp³-hybridized carbons (Fsp3) is 0. The molecule has 2 aromatic heterocycles. The van der Waals surface area contributed by atoms with Crippen molar-refractivity contribution in [2.24, 2.45) is 0 Å². The molecule has 7 heteroatoms. The fourth-order valence-corrected chi connectivity index (χ4v) is 0.769. The number of aromatic nitrogens is 5. The van der Waals surface area contributed by atoms with Crippen LogP contribution in [0.25, 0.3) is 10.5 Å². The molecular formula is C5H2N6O. The van der Waals surface area contributed by atoms with Gasteiger partial charge in [-0.25, -0.2) is 4.85 Å². The Kier molecular flexibility index (Phi) is 1.15. The van der Waals surface area contributed by atoms with Gasteiger partial charge in [-0.05, 0) is 10.4 Å². The minimum absolute atomic E-state index is 0.0392. The molecule has 2 aromatic rings. The molecule has 1 N–H and O–H groups in total. The minimum atomic E-state index is -0.245. The first-order valence-electron chi connectivity index (χ1n) is 2.96. The number of nitrogens with zero attached hydrogens (tertiary/aromatic N) is 6.